The van der Waals surface area contributed by atoms with Gasteiger partial charge in [-0.15, -0.1) is 0 Å². The van der Waals surface area contributed by atoms with Crippen molar-refractivity contribution in [3.05, 3.63) is 71.7 Å². The number of anilines is 2. The van der Waals surface area contributed by atoms with Crippen molar-refractivity contribution in [1.82, 2.24) is 9.97 Å². The van der Waals surface area contributed by atoms with Gasteiger partial charge >= 0.3 is 0 Å². The molecule has 0 spiro atoms. The number of rotatable bonds is 3. The Bertz CT molecular complexity index is 958. The first-order chi connectivity index (χ1) is 12.2. The highest BCUT2D eigenvalue weighted by Crippen LogP contribution is 2.32. The van der Waals surface area contributed by atoms with Gasteiger partial charge in [-0.2, -0.15) is 0 Å². The number of fused-ring (bicyclic) bond motifs is 3. The number of aromatic nitrogens is 2. The highest BCUT2D eigenvalue weighted by atomic mass is 19.1. The van der Waals surface area contributed by atoms with Crippen molar-refractivity contribution in [2.75, 3.05) is 10.6 Å². The van der Waals surface area contributed by atoms with Crippen molar-refractivity contribution in [3.63, 3.8) is 0 Å². The summed E-state index contributed by atoms with van der Waals surface area (Å²) in [4.78, 5) is 20.8. The number of nitrogens with zero attached hydrogens (tertiary/aromatic N) is 2. The van der Waals surface area contributed by atoms with Gasteiger partial charge in [-0.3, -0.25) is 4.79 Å². The second-order valence-electron chi connectivity index (χ2n) is 5.78. The molecule has 0 saturated heterocycles. The molecule has 0 bridgehead atoms. The minimum atomic E-state index is -0.273. The number of carbonyl (C=O) groups excluding carboxylic acids is 1. The lowest BCUT2D eigenvalue weighted by Crippen LogP contribution is -2.13. The SMILES string of the molecule is O=C1Cc2cnc(NCc3ccccc3F)nc2-c2ccccc2N1. The van der Waals surface area contributed by atoms with E-state index in [1.807, 2.05) is 24.3 Å². The van der Waals surface area contributed by atoms with E-state index >= 15 is 0 Å². The average molecular weight is 334 g/mol. The predicted octanol–water partition coefficient (Wildman–Crippen LogP) is 3.39. The van der Waals surface area contributed by atoms with Crippen LogP contribution in [-0.2, 0) is 17.8 Å². The Labute approximate surface area is 144 Å². The highest BCUT2D eigenvalue weighted by molar-refractivity contribution is 5.99. The molecule has 1 aliphatic rings. The van der Waals surface area contributed by atoms with Crippen LogP contribution in [0.1, 0.15) is 11.1 Å². The molecular weight excluding hydrogens is 319 g/mol. The summed E-state index contributed by atoms with van der Waals surface area (Å²) in [7, 11) is 0. The van der Waals surface area contributed by atoms with Crippen LogP contribution in [0.4, 0.5) is 16.0 Å². The Hall–Kier alpha value is -3.28. The van der Waals surface area contributed by atoms with Crippen LogP contribution in [0.5, 0.6) is 0 Å². The number of amides is 1. The van der Waals surface area contributed by atoms with Crippen LogP contribution in [0.2, 0.25) is 0 Å². The zero-order valence-electron chi connectivity index (χ0n) is 13.3. The minimum Gasteiger partial charge on any atom is -0.350 e. The van der Waals surface area contributed by atoms with E-state index in [9.17, 15) is 9.18 Å². The van der Waals surface area contributed by atoms with Gasteiger partial charge in [0.2, 0.25) is 11.9 Å². The zero-order chi connectivity index (χ0) is 17.2. The number of nitrogens with one attached hydrogen (secondary N) is 2. The van der Waals surface area contributed by atoms with E-state index in [4.69, 9.17) is 0 Å². The number of benzene rings is 2. The first-order valence-corrected chi connectivity index (χ1v) is 7.93. The topological polar surface area (TPSA) is 66.9 Å². The Kier molecular flexibility index (Phi) is 3.85. The number of carbonyl (C=O) groups is 1. The van der Waals surface area contributed by atoms with Gasteiger partial charge in [-0.1, -0.05) is 36.4 Å². The predicted molar refractivity (Wildman–Crippen MR) is 93.5 cm³/mol. The standard InChI is InChI=1S/C19H15FN4O/c20-15-7-3-1-5-12(15)10-21-19-22-11-13-9-17(25)23-16-8-4-2-6-14(16)18(13)24-19/h1-8,11H,9-10H2,(H,23,25)(H,21,22,24). The van der Waals surface area contributed by atoms with E-state index in [0.29, 0.717) is 17.2 Å². The molecule has 0 atom stereocenters. The highest BCUT2D eigenvalue weighted by Gasteiger charge is 2.20. The molecule has 0 unspecified atom stereocenters. The summed E-state index contributed by atoms with van der Waals surface area (Å²) in [5, 5.41) is 5.92. The van der Waals surface area contributed by atoms with Crippen LogP contribution < -0.4 is 10.6 Å². The molecule has 2 N–H and O–H groups in total. The monoisotopic (exact) mass is 334 g/mol. The lowest BCUT2D eigenvalue weighted by atomic mass is 10.1. The summed E-state index contributed by atoms with van der Waals surface area (Å²) >= 11 is 0. The van der Waals surface area contributed by atoms with Crippen LogP contribution in [-0.4, -0.2) is 15.9 Å². The number of halogens is 1. The molecule has 124 valence electrons. The molecule has 0 fully saturated rings. The molecule has 0 radical (unpaired) electrons. The fourth-order valence-corrected chi connectivity index (χ4v) is 2.84. The largest absolute Gasteiger partial charge is 0.350 e. The molecule has 1 amide bonds. The van der Waals surface area contributed by atoms with Crippen molar-refractivity contribution < 1.29 is 9.18 Å². The Balaban J connectivity index is 1.67. The van der Waals surface area contributed by atoms with Crippen molar-refractivity contribution in [1.29, 1.82) is 0 Å². The molecule has 2 heterocycles. The van der Waals surface area contributed by atoms with Crippen LogP contribution >= 0.6 is 0 Å². The van der Waals surface area contributed by atoms with E-state index in [-0.39, 0.29) is 24.7 Å². The van der Waals surface area contributed by atoms with E-state index in [1.54, 1.807) is 24.4 Å². The summed E-state index contributed by atoms with van der Waals surface area (Å²) in [6, 6.07) is 14.1. The molecule has 25 heavy (non-hydrogen) atoms. The van der Waals surface area contributed by atoms with Crippen molar-refractivity contribution in [2.24, 2.45) is 0 Å². The maximum absolute atomic E-state index is 13.7. The lowest BCUT2D eigenvalue weighted by molar-refractivity contribution is -0.115. The third-order valence-electron chi connectivity index (χ3n) is 4.07. The third kappa shape index (κ3) is 3.06. The molecular formula is C19H15FN4O. The quantitative estimate of drug-likeness (QED) is 0.770. The fourth-order valence-electron chi connectivity index (χ4n) is 2.84. The maximum atomic E-state index is 13.7. The van der Waals surface area contributed by atoms with Crippen LogP contribution in [0.25, 0.3) is 11.3 Å². The average Bonchev–Trinajstić information content (AvgIpc) is 2.76. The molecule has 2 aromatic carbocycles. The molecule has 3 aromatic rings. The third-order valence-corrected chi connectivity index (χ3v) is 4.07. The molecule has 1 aromatic heterocycles. The summed E-state index contributed by atoms with van der Waals surface area (Å²) in [6.07, 6.45) is 1.87. The van der Waals surface area contributed by atoms with Gasteiger partial charge in [0, 0.05) is 29.4 Å². The number of hydrogen-bond acceptors (Lipinski definition) is 4. The van der Waals surface area contributed by atoms with Gasteiger partial charge in [0.15, 0.2) is 0 Å². The van der Waals surface area contributed by atoms with Crippen molar-refractivity contribution in [3.8, 4) is 11.3 Å². The summed E-state index contributed by atoms with van der Waals surface area (Å²) in [5.41, 5.74) is 3.59. The number of para-hydroxylation sites is 1. The Morgan fingerprint density at radius 3 is 2.80 bits per heavy atom. The van der Waals surface area contributed by atoms with Crippen LogP contribution in [0.15, 0.2) is 54.7 Å². The summed E-state index contributed by atoms with van der Waals surface area (Å²) in [5.74, 6) is 0.0259. The van der Waals surface area contributed by atoms with Gasteiger partial charge in [-0.25, -0.2) is 14.4 Å². The maximum Gasteiger partial charge on any atom is 0.228 e. The normalized spacial score (nSPS) is 12.6. The first kappa shape index (κ1) is 15.3. The first-order valence-electron chi connectivity index (χ1n) is 7.93. The van der Waals surface area contributed by atoms with Crippen molar-refractivity contribution in [2.45, 2.75) is 13.0 Å². The van der Waals surface area contributed by atoms with Gasteiger partial charge in [0.25, 0.3) is 0 Å². The molecule has 5 nitrogen and oxygen atoms in total. The Morgan fingerprint density at radius 2 is 1.92 bits per heavy atom. The molecule has 4 rings (SSSR count). The lowest BCUT2D eigenvalue weighted by Gasteiger charge is -2.10. The van der Waals surface area contributed by atoms with Crippen LogP contribution in [0.3, 0.4) is 0 Å². The number of hydrogen-bond donors (Lipinski definition) is 2. The molecule has 0 aliphatic carbocycles. The van der Waals surface area contributed by atoms with Gasteiger partial charge in [-0.05, 0) is 12.1 Å². The second kappa shape index (κ2) is 6.32. The fraction of sp³-hybridized carbons (Fsp3) is 0.105. The molecule has 0 saturated carbocycles. The molecule has 1 aliphatic heterocycles. The van der Waals surface area contributed by atoms with Gasteiger partial charge < -0.3 is 10.6 Å². The van der Waals surface area contributed by atoms with Crippen molar-refractivity contribution >= 4 is 17.5 Å². The van der Waals surface area contributed by atoms with Gasteiger partial charge in [0.05, 0.1) is 17.8 Å². The summed E-state index contributed by atoms with van der Waals surface area (Å²) < 4.78 is 13.7. The molecule has 6 heteroatoms. The van der Waals surface area contributed by atoms with E-state index in [0.717, 1.165) is 16.8 Å². The Morgan fingerprint density at radius 1 is 1.12 bits per heavy atom. The minimum absolute atomic E-state index is 0.0955. The van der Waals surface area contributed by atoms with E-state index < -0.39 is 0 Å². The van der Waals surface area contributed by atoms with Crippen LogP contribution in [0, 0.1) is 5.82 Å². The van der Waals surface area contributed by atoms with E-state index in [2.05, 4.69) is 20.6 Å². The smallest absolute Gasteiger partial charge is 0.228 e. The second-order valence-corrected chi connectivity index (χ2v) is 5.78. The summed E-state index contributed by atoms with van der Waals surface area (Å²) in [6.45, 7) is 0.282. The van der Waals surface area contributed by atoms with E-state index in [1.165, 1.54) is 6.07 Å². The van der Waals surface area contributed by atoms with Gasteiger partial charge in [0.1, 0.15) is 5.82 Å². The zero-order valence-corrected chi connectivity index (χ0v) is 13.3.